The zero-order valence-electron chi connectivity index (χ0n) is 24.5. The number of tetrazole rings is 1. The number of benzene rings is 3. The minimum Gasteiger partial charge on any atom is -0.461 e. The van der Waals surface area contributed by atoms with Gasteiger partial charge < -0.3 is 4.74 Å². The molecule has 4 aromatic rings. The zero-order valence-corrected chi connectivity index (χ0v) is 25.3. The fourth-order valence-corrected chi connectivity index (χ4v) is 6.98. The van der Waals surface area contributed by atoms with E-state index < -0.39 is 22.3 Å². The average molecular weight is 608 g/mol. The van der Waals surface area contributed by atoms with Gasteiger partial charge in [-0.3, -0.25) is 9.59 Å². The number of amidine groups is 1. The first-order chi connectivity index (χ1) is 21.5. The number of carbonyl (C=O) groups excluding carboxylic acids is 2. The summed E-state index contributed by atoms with van der Waals surface area (Å²) in [6.07, 6.45) is 7.66. The molecule has 0 fully saturated rings. The maximum Gasteiger partial charge on any atom is 0.310 e. The van der Waals surface area contributed by atoms with Gasteiger partial charge in [0.05, 0.1) is 17.5 Å². The van der Waals surface area contributed by atoms with Crippen LogP contribution in [-0.4, -0.2) is 48.9 Å². The summed E-state index contributed by atoms with van der Waals surface area (Å²) in [5.74, 6) is -1.23. The second kappa shape index (κ2) is 13.3. The molecule has 0 saturated heterocycles. The maximum atomic E-state index is 13.7. The number of amides is 1. The molecule has 3 atom stereocenters. The fourth-order valence-electron chi connectivity index (χ4n) is 5.44. The molecule has 1 aromatic heterocycles. The minimum absolute atomic E-state index is 0.177. The number of aliphatic imine (C=N–C) groups is 1. The molecule has 1 aliphatic carbocycles. The Morgan fingerprint density at radius 1 is 0.955 bits per heavy atom. The van der Waals surface area contributed by atoms with Gasteiger partial charge in [-0.2, -0.15) is 10.4 Å². The minimum atomic E-state index is -0.579. The lowest BCUT2D eigenvalue weighted by atomic mass is 9.82. The molecule has 0 radical (unpaired) electrons. The lowest BCUT2D eigenvalue weighted by Gasteiger charge is -2.25. The number of nitrogens with zero attached hydrogens (tertiary/aromatic N) is 5. The van der Waals surface area contributed by atoms with E-state index in [0.29, 0.717) is 23.8 Å². The summed E-state index contributed by atoms with van der Waals surface area (Å²) in [6, 6.07) is 25.5. The van der Waals surface area contributed by atoms with E-state index in [4.69, 9.17) is 4.74 Å². The Kier molecular flexibility index (Phi) is 8.85. The number of rotatable bonds is 8. The first kappa shape index (κ1) is 29.3. The van der Waals surface area contributed by atoms with E-state index >= 15 is 0 Å². The summed E-state index contributed by atoms with van der Waals surface area (Å²) in [6.45, 7) is 2.26. The quantitative estimate of drug-likeness (QED) is 0.153. The molecular weight excluding hydrogens is 574 g/mol. The topological polar surface area (TPSA) is 125 Å². The first-order valence-electron chi connectivity index (χ1n) is 14.5. The van der Waals surface area contributed by atoms with Crippen LogP contribution in [0.25, 0.3) is 22.5 Å². The van der Waals surface area contributed by atoms with E-state index in [1.165, 1.54) is 0 Å². The van der Waals surface area contributed by atoms with E-state index in [1.54, 1.807) is 0 Å². The van der Waals surface area contributed by atoms with Crippen LogP contribution in [0.4, 0.5) is 5.69 Å². The molecule has 2 heterocycles. The van der Waals surface area contributed by atoms with Gasteiger partial charge in [0.2, 0.25) is 0 Å². The number of aromatic nitrogens is 4. The molecule has 3 unspecified atom stereocenters. The number of nitrogens with one attached hydrogen (secondary N) is 2. The summed E-state index contributed by atoms with van der Waals surface area (Å²) in [7, 11) is -0.419. The normalized spacial score (nSPS) is 20.7. The molecule has 0 saturated carbocycles. The van der Waals surface area contributed by atoms with Gasteiger partial charge in [0.25, 0.3) is 5.91 Å². The van der Waals surface area contributed by atoms with Crippen molar-refractivity contribution >= 4 is 38.2 Å². The number of carbonyl (C=O) groups is 2. The van der Waals surface area contributed by atoms with Crippen molar-refractivity contribution in [2.75, 3.05) is 11.3 Å². The van der Waals surface area contributed by atoms with Gasteiger partial charge in [0, 0.05) is 10.6 Å². The number of H-pyrrole nitrogens is 1. The molecule has 10 nitrogen and oxygen atoms in total. The predicted molar refractivity (Wildman–Crippen MR) is 174 cm³/mol. The van der Waals surface area contributed by atoms with Crippen molar-refractivity contribution in [3.8, 4) is 22.5 Å². The third-order valence-electron chi connectivity index (χ3n) is 7.84. The third kappa shape index (κ3) is 6.15. The molecule has 2 N–H and O–H groups in total. The van der Waals surface area contributed by atoms with Gasteiger partial charge in [0.1, 0.15) is 6.61 Å². The standard InChI is InChI=1S/C33H33N7O3S/c1-3-29-37-40(24-19-17-23(18-20-24)25-13-7-8-14-26(25)30-35-38-39-36-30)33(44(29)2)34-31(41)27-15-9-10-16-28(27)32(42)43-21-22-11-5-4-6-12-22/h4-14,17-20,27-28,37H,3,15-16,21H2,1-2H3,(H,35,36,38,39). The second-order valence-corrected chi connectivity index (χ2v) is 12.4. The Morgan fingerprint density at radius 2 is 1.66 bits per heavy atom. The van der Waals surface area contributed by atoms with Crippen molar-refractivity contribution < 1.29 is 14.3 Å². The molecule has 3 aromatic carbocycles. The van der Waals surface area contributed by atoms with Crippen molar-refractivity contribution in [1.29, 1.82) is 0 Å². The number of esters is 1. The molecule has 6 rings (SSSR count). The number of hydrogen-bond acceptors (Lipinski definition) is 7. The maximum absolute atomic E-state index is 13.7. The van der Waals surface area contributed by atoms with Gasteiger partial charge in [-0.25, -0.2) is 10.1 Å². The highest BCUT2D eigenvalue weighted by atomic mass is 32.2. The van der Waals surface area contributed by atoms with E-state index in [-0.39, 0.29) is 18.5 Å². The summed E-state index contributed by atoms with van der Waals surface area (Å²) in [5, 5.41) is 16.9. The van der Waals surface area contributed by atoms with Crippen LogP contribution in [0.5, 0.6) is 0 Å². The Hall–Kier alpha value is -4.74. The van der Waals surface area contributed by atoms with Crippen LogP contribution in [0.1, 0.15) is 31.7 Å². The van der Waals surface area contributed by atoms with Crippen LogP contribution in [0.15, 0.2) is 96.0 Å². The van der Waals surface area contributed by atoms with E-state index in [0.717, 1.165) is 39.4 Å². The van der Waals surface area contributed by atoms with Gasteiger partial charge in [-0.1, -0.05) is 85.8 Å². The highest BCUT2D eigenvalue weighted by Gasteiger charge is 2.36. The van der Waals surface area contributed by atoms with Gasteiger partial charge in [0.15, 0.2) is 11.0 Å². The van der Waals surface area contributed by atoms with Crippen LogP contribution >= 0.6 is 10.5 Å². The van der Waals surface area contributed by atoms with Crippen molar-refractivity contribution in [2.24, 2.45) is 16.8 Å². The number of anilines is 1. The second-order valence-electron chi connectivity index (χ2n) is 10.6. The average Bonchev–Trinajstić information content (AvgIpc) is 3.73. The Balaban J connectivity index is 1.24. The first-order valence-corrected chi connectivity index (χ1v) is 16.2. The smallest absolute Gasteiger partial charge is 0.310 e. The number of ether oxygens (including phenoxy) is 1. The van der Waals surface area contributed by atoms with Crippen LogP contribution < -0.4 is 10.4 Å². The third-order valence-corrected chi connectivity index (χ3v) is 9.78. The van der Waals surface area contributed by atoms with Gasteiger partial charge in [-0.15, -0.1) is 15.6 Å². The molecule has 44 heavy (non-hydrogen) atoms. The van der Waals surface area contributed by atoms with Crippen LogP contribution in [0.3, 0.4) is 0 Å². The lowest BCUT2D eigenvalue weighted by Crippen LogP contribution is -2.39. The van der Waals surface area contributed by atoms with E-state index in [2.05, 4.69) is 44.2 Å². The molecular formula is C33H33N7O3S. The molecule has 224 valence electrons. The summed E-state index contributed by atoms with van der Waals surface area (Å²) >= 11 is 0. The van der Waals surface area contributed by atoms with Crippen molar-refractivity contribution in [2.45, 2.75) is 32.8 Å². The lowest BCUT2D eigenvalue weighted by molar-refractivity contribution is -0.154. The summed E-state index contributed by atoms with van der Waals surface area (Å²) in [5.41, 5.74) is 8.11. The van der Waals surface area contributed by atoms with Gasteiger partial charge in [-0.05, 0) is 64.8 Å². The highest BCUT2D eigenvalue weighted by molar-refractivity contribution is 8.28. The number of aromatic amines is 1. The zero-order chi connectivity index (χ0) is 30.5. The summed E-state index contributed by atoms with van der Waals surface area (Å²) in [4.78, 5) is 32.6. The number of hydrazine groups is 1. The van der Waals surface area contributed by atoms with E-state index in [9.17, 15) is 9.59 Å². The molecule has 0 spiro atoms. The monoisotopic (exact) mass is 607 g/mol. The Labute approximate surface area is 258 Å². The fraction of sp³-hybridized carbons (Fsp3) is 0.242. The SMILES string of the molecule is CCC1=S(C)C(=NC(=O)C2CC=CCC2C(=O)OCc2ccccc2)N(c2ccc(-c3ccccc3-c3nnn[nH]3)cc2)N1. The van der Waals surface area contributed by atoms with Crippen molar-refractivity contribution in [1.82, 2.24) is 26.0 Å². The highest BCUT2D eigenvalue weighted by Crippen LogP contribution is 2.34. The van der Waals surface area contributed by atoms with Crippen LogP contribution in [0, 0.1) is 11.8 Å². The van der Waals surface area contributed by atoms with Crippen LogP contribution in [-0.2, 0) is 20.9 Å². The molecule has 11 heteroatoms. The van der Waals surface area contributed by atoms with E-state index in [1.807, 2.05) is 96.0 Å². The van der Waals surface area contributed by atoms with Crippen molar-refractivity contribution in [3.05, 3.63) is 96.6 Å². The summed E-state index contributed by atoms with van der Waals surface area (Å²) < 4.78 is 5.63. The molecule has 2 aliphatic rings. The van der Waals surface area contributed by atoms with Gasteiger partial charge >= 0.3 is 5.97 Å². The van der Waals surface area contributed by atoms with Crippen molar-refractivity contribution in [3.63, 3.8) is 0 Å². The largest absolute Gasteiger partial charge is 0.461 e. The predicted octanol–water partition coefficient (Wildman–Crippen LogP) is 5.51. The molecule has 0 bridgehead atoms. The molecule has 1 aliphatic heterocycles. The Morgan fingerprint density at radius 3 is 2.36 bits per heavy atom. The van der Waals surface area contributed by atoms with Crippen LogP contribution in [0.2, 0.25) is 0 Å². The number of allylic oxidation sites excluding steroid dienone is 2. The number of hydrogen-bond donors (Lipinski definition) is 2. The molecule has 1 amide bonds. The Bertz CT molecular complexity index is 1730.